The van der Waals surface area contributed by atoms with Crippen LogP contribution in [0.3, 0.4) is 0 Å². The predicted octanol–water partition coefficient (Wildman–Crippen LogP) is 5.42. The van der Waals surface area contributed by atoms with Gasteiger partial charge in [-0.2, -0.15) is 0 Å². The highest BCUT2D eigenvalue weighted by Gasteiger charge is 2.16. The fraction of sp³-hybridized carbons (Fsp3) is 0. The lowest BCUT2D eigenvalue weighted by Gasteiger charge is -1.95. The molecule has 0 aliphatic heterocycles. The van der Waals surface area contributed by atoms with E-state index in [2.05, 4.69) is 31.9 Å². The zero-order valence-electron chi connectivity index (χ0n) is 12.2. The summed E-state index contributed by atoms with van der Waals surface area (Å²) in [7, 11) is 0. The van der Waals surface area contributed by atoms with Gasteiger partial charge < -0.3 is 0 Å². The van der Waals surface area contributed by atoms with Crippen LogP contribution in [0.2, 0.25) is 0 Å². The van der Waals surface area contributed by atoms with Gasteiger partial charge in [-0.05, 0) is 57.9 Å². The molecule has 24 heavy (non-hydrogen) atoms. The molecule has 0 unspecified atom stereocenters. The van der Waals surface area contributed by atoms with Crippen molar-refractivity contribution in [1.82, 2.24) is 0 Å². The van der Waals surface area contributed by atoms with Gasteiger partial charge >= 0.3 is 0 Å². The van der Waals surface area contributed by atoms with Crippen molar-refractivity contribution in [1.29, 1.82) is 0 Å². The van der Waals surface area contributed by atoms with Crippen LogP contribution in [0.5, 0.6) is 0 Å². The number of fused-ring (bicyclic) bond motifs is 6. The summed E-state index contributed by atoms with van der Waals surface area (Å²) < 4.78 is 1.75. The fourth-order valence-electron chi connectivity index (χ4n) is 3.59. The average Bonchev–Trinajstić information content (AvgIpc) is 2.99. The van der Waals surface area contributed by atoms with E-state index in [1.165, 1.54) is 0 Å². The van der Waals surface area contributed by atoms with Gasteiger partial charge in [0.15, 0.2) is 10.9 Å². The summed E-state index contributed by atoms with van der Waals surface area (Å²) in [5.41, 5.74) is 0.0317. The lowest BCUT2D eigenvalue weighted by molar-refractivity contribution is 1.73. The van der Waals surface area contributed by atoms with Crippen molar-refractivity contribution in [3.63, 3.8) is 0 Å². The summed E-state index contributed by atoms with van der Waals surface area (Å²) in [6.07, 6.45) is 0. The minimum absolute atomic E-state index is 0.0158. The van der Waals surface area contributed by atoms with Crippen LogP contribution < -0.4 is 10.9 Å². The first-order valence-corrected chi connectivity index (χ1v) is 9.00. The molecule has 0 spiro atoms. The Morgan fingerprint density at radius 2 is 0.833 bits per heavy atom. The normalized spacial score (nSPS) is 12.1. The first-order chi connectivity index (χ1) is 11.5. The molecule has 0 amide bonds. The van der Waals surface area contributed by atoms with Crippen LogP contribution in [0.1, 0.15) is 0 Å². The second-order valence-corrected chi connectivity index (χ2v) is 7.81. The summed E-state index contributed by atoms with van der Waals surface area (Å²) in [5, 5.41) is 6.20. The molecule has 0 aliphatic carbocycles. The quantitative estimate of drug-likeness (QED) is 0.323. The molecule has 0 saturated carbocycles. The molecule has 0 N–H and O–H groups in total. The van der Waals surface area contributed by atoms with Crippen molar-refractivity contribution in [3.05, 3.63) is 77.9 Å². The number of halogens is 2. The van der Waals surface area contributed by atoms with E-state index in [0.29, 0.717) is 21.5 Å². The standard InChI is InChI=1S/C20H8Br2O2/c21-9-1-3-11-13-7-18-14(8-17(13)19(23)15(11)5-9)12-4-2-10(22)6-16(12)20(18)24/h1-8H. The predicted molar refractivity (Wildman–Crippen MR) is 107 cm³/mol. The van der Waals surface area contributed by atoms with Crippen LogP contribution in [0.4, 0.5) is 0 Å². The Labute approximate surface area is 152 Å². The molecule has 4 heteroatoms. The molecule has 0 aromatic heterocycles. The molecule has 2 nitrogen and oxygen atoms in total. The molecule has 0 heterocycles. The molecule has 0 atom stereocenters. The van der Waals surface area contributed by atoms with Gasteiger partial charge in [-0.1, -0.05) is 44.0 Å². The van der Waals surface area contributed by atoms with Gasteiger partial charge in [0.25, 0.3) is 0 Å². The molecule has 0 radical (unpaired) electrons. The van der Waals surface area contributed by atoms with Gasteiger partial charge in [-0.3, -0.25) is 9.59 Å². The topological polar surface area (TPSA) is 34.1 Å². The Morgan fingerprint density at radius 1 is 0.458 bits per heavy atom. The van der Waals surface area contributed by atoms with E-state index in [-0.39, 0.29) is 10.9 Å². The Bertz CT molecular complexity index is 1300. The van der Waals surface area contributed by atoms with Gasteiger partial charge in [0.1, 0.15) is 0 Å². The van der Waals surface area contributed by atoms with Crippen molar-refractivity contribution in [2.45, 2.75) is 0 Å². The second kappa shape index (κ2) is 4.74. The van der Waals surface area contributed by atoms with E-state index in [1.54, 1.807) is 0 Å². The van der Waals surface area contributed by atoms with E-state index >= 15 is 0 Å². The monoisotopic (exact) mass is 438 g/mol. The molecule has 0 fully saturated rings. The minimum Gasteiger partial charge on any atom is -0.289 e. The average molecular weight is 440 g/mol. The van der Waals surface area contributed by atoms with Gasteiger partial charge in [0.2, 0.25) is 0 Å². The molecule has 0 saturated heterocycles. The fourth-order valence-corrected chi connectivity index (χ4v) is 4.31. The molecule has 5 rings (SSSR count). The molecule has 114 valence electrons. The summed E-state index contributed by atoms with van der Waals surface area (Å²) in [6, 6.07) is 15.1. The molecule has 5 aromatic rings. The maximum atomic E-state index is 12.8. The Morgan fingerprint density at radius 3 is 1.25 bits per heavy atom. The third kappa shape index (κ3) is 1.75. The molecular weight excluding hydrogens is 432 g/mol. The highest BCUT2D eigenvalue weighted by atomic mass is 79.9. The maximum Gasteiger partial charge on any atom is 0.194 e. The number of hydrogen-bond donors (Lipinski definition) is 0. The van der Waals surface area contributed by atoms with Crippen molar-refractivity contribution in [2.75, 3.05) is 0 Å². The van der Waals surface area contributed by atoms with Crippen molar-refractivity contribution in [2.24, 2.45) is 0 Å². The highest BCUT2D eigenvalue weighted by Crippen LogP contribution is 2.33. The zero-order chi connectivity index (χ0) is 16.6. The molecule has 5 aromatic carbocycles. The maximum absolute atomic E-state index is 12.8. The van der Waals surface area contributed by atoms with Crippen LogP contribution >= 0.6 is 31.9 Å². The third-order valence-electron chi connectivity index (χ3n) is 4.68. The number of rotatable bonds is 0. The van der Waals surface area contributed by atoms with Crippen LogP contribution in [0, 0.1) is 0 Å². The van der Waals surface area contributed by atoms with Crippen LogP contribution in [-0.2, 0) is 0 Å². The molecule has 0 aliphatic rings. The highest BCUT2D eigenvalue weighted by molar-refractivity contribution is 9.10. The third-order valence-corrected chi connectivity index (χ3v) is 5.67. The smallest absolute Gasteiger partial charge is 0.194 e. The zero-order valence-corrected chi connectivity index (χ0v) is 15.4. The first kappa shape index (κ1) is 14.3. The lowest BCUT2D eigenvalue weighted by atomic mass is 10.1. The summed E-state index contributed by atoms with van der Waals surface area (Å²) in [5.74, 6) is 0. The minimum atomic E-state index is 0.0158. The van der Waals surface area contributed by atoms with Crippen LogP contribution in [0.25, 0.3) is 43.1 Å². The summed E-state index contributed by atoms with van der Waals surface area (Å²) >= 11 is 6.84. The van der Waals surface area contributed by atoms with E-state index in [1.807, 2.05) is 48.5 Å². The Hall–Kier alpha value is -2.04. The van der Waals surface area contributed by atoms with Crippen molar-refractivity contribution in [3.8, 4) is 0 Å². The summed E-state index contributed by atoms with van der Waals surface area (Å²) in [6.45, 7) is 0. The van der Waals surface area contributed by atoms with Crippen molar-refractivity contribution >= 4 is 74.9 Å². The van der Waals surface area contributed by atoms with Gasteiger partial charge in [0.05, 0.1) is 0 Å². The Balaban J connectivity index is 2.08. The second-order valence-electron chi connectivity index (χ2n) is 5.98. The summed E-state index contributed by atoms with van der Waals surface area (Å²) in [4.78, 5) is 25.5. The van der Waals surface area contributed by atoms with Crippen molar-refractivity contribution < 1.29 is 0 Å². The van der Waals surface area contributed by atoms with Gasteiger partial charge in [-0.25, -0.2) is 0 Å². The number of hydrogen-bond acceptors (Lipinski definition) is 2. The SMILES string of the molecule is O=c1c2cc(Br)ccc2c2cc3c(=O)c4cc(Br)ccc4c3cc12. The molecular formula is C20H8Br2O2. The van der Waals surface area contributed by atoms with Crippen LogP contribution in [0.15, 0.2) is 67.1 Å². The van der Waals surface area contributed by atoms with E-state index in [0.717, 1.165) is 30.5 Å². The van der Waals surface area contributed by atoms with E-state index in [9.17, 15) is 9.59 Å². The van der Waals surface area contributed by atoms with Gasteiger partial charge in [0, 0.05) is 30.5 Å². The molecule has 0 bridgehead atoms. The first-order valence-electron chi connectivity index (χ1n) is 7.42. The lowest BCUT2D eigenvalue weighted by Crippen LogP contribution is -1.95. The van der Waals surface area contributed by atoms with Crippen LogP contribution in [-0.4, -0.2) is 0 Å². The largest absolute Gasteiger partial charge is 0.289 e. The van der Waals surface area contributed by atoms with E-state index < -0.39 is 0 Å². The number of benzene rings is 3. The Kier molecular flexibility index (Phi) is 2.83. The van der Waals surface area contributed by atoms with Gasteiger partial charge in [-0.15, -0.1) is 0 Å². The van der Waals surface area contributed by atoms with E-state index in [4.69, 9.17) is 0 Å².